The number of carboxylic acids is 1. The lowest BCUT2D eigenvalue weighted by molar-refractivity contribution is -0.191. The molecule has 18 heavy (non-hydrogen) atoms. The van der Waals surface area contributed by atoms with E-state index in [9.17, 15) is 14.7 Å². The molecule has 98 valence electrons. The van der Waals surface area contributed by atoms with Crippen LogP contribution in [0.3, 0.4) is 0 Å². The molecule has 0 aromatic heterocycles. The number of carboxylic acid groups (broad SMARTS) is 1. The second-order valence-electron chi connectivity index (χ2n) is 6.14. The van der Waals surface area contributed by atoms with Gasteiger partial charge in [-0.15, -0.1) is 0 Å². The molecule has 0 saturated heterocycles. The minimum atomic E-state index is -1.27. The first kappa shape index (κ1) is 11.8. The molecule has 4 saturated carbocycles. The molecule has 0 amide bonds. The maximum atomic E-state index is 11.8. The highest BCUT2D eigenvalue weighted by atomic mass is 16.6. The van der Waals surface area contributed by atoms with E-state index in [0.29, 0.717) is 11.8 Å². The molecule has 5 atom stereocenters. The van der Waals surface area contributed by atoms with E-state index in [1.807, 2.05) is 0 Å². The quantitative estimate of drug-likeness (QED) is 0.614. The summed E-state index contributed by atoms with van der Waals surface area (Å²) in [5, 5.41) is 9.63. The van der Waals surface area contributed by atoms with Crippen molar-refractivity contribution < 1.29 is 19.4 Å². The zero-order chi connectivity index (χ0) is 13.1. The van der Waals surface area contributed by atoms with Crippen LogP contribution in [-0.2, 0) is 14.3 Å². The van der Waals surface area contributed by atoms with Crippen molar-refractivity contribution in [3.63, 3.8) is 0 Å². The lowest BCUT2D eigenvalue weighted by Crippen LogP contribution is -2.53. The largest absolute Gasteiger partial charge is 0.478 e. The van der Waals surface area contributed by atoms with Crippen molar-refractivity contribution in [2.75, 3.05) is 0 Å². The maximum absolute atomic E-state index is 11.8. The van der Waals surface area contributed by atoms with Gasteiger partial charge in [-0.3, -0.25) is 0 Å². The summed E-state index contributed by atoms with van der Waals surface area (Å²) in [6.45, 7) is 5.10. The van der Waals surface area contributed by atoms with Crippen molar-refractivity contribution in [1.82, 2.24) is 0 Å². The number of rotatable bonds is 3. The van der Waals surface area contributed by atoms with Gasteiger partial charge in [0.2, 0.25) is 5.60 Å². The first-order chi connectivity index (χ1) is 8.45. The normalized spacial score (nSPS) is 44.1. The molecule has 0 spiro atoms. The Morgan fingerprint density at radius 2 is 2.00 bits per heavy atom. The van der Waals surface area contributed by atoms with Gasteiger partial charge in [0.05, 0.1) is 0 Å². The van der Waals surface area contributed by atoms with Gasteiger partial charge in [-0.05, 0) is 44.4 Å². The van der Waals surface area contributed by atoms with Gasteiger partial charge in [0.25, 0.3) is 0 Å². The van der Waals surface area contributed by atoms with Gasteiger partial charge in [0.1, 0.15) is 0 Å². The lowest BCUT2D eigenvalue weighted by Gasteiger charge is -2.40. The Morgan fingerprint density at radius 1 is 1.28 bits per heavy atom. The van der Waals surface area contributed by atoms with E-state index in [0.717, 1.165) is 25.7 Å². The van der Waals surface area contributed by atoms with E-state index in [4.69, 9.17) is 4.74 Å². The summed E-state index contributed by atoms with van der Waals surface area (Å²) in [6, 6.07) is 0. The van der Waals surface area contributed by atoms with E-state index in [1.54, 1.807) is 6.92 Å². The molecule has 4 aliphatic carbocycles. The van der Waals surface area contributed by atoms with Crippen molar-refractivity contribution in [3.8, 4) is 0 Å². The van der Waals surface area contributed by atoms with Gasteiger partial charge >= 0.3 is 11.9 Å². The number of carbonyl (C=O) groups is 2. The first-order valence-electron chi connectivity index (χ1n) is 6.57. The second-order valence-corrected chi connectivity index (χ2v) is 6.14. The van der Waals surface area contributed by atoms with Crippen LogP contribution < -0.4 is 0 Å². The van der Waals surface area contributed by atoms with E-state index in [1.165, 1.54) is 0 Å². The van der Waals surface area contributed by atoms with Gasteiger partial charge in [0.15, 0.2) is 0 Å². The number of hydrogen-bond acceptors (Lipinski definition) is 3. The summed E-state index contributed by atoms with van der Waals surface area (Å²) in [6.07, 6.45) is 3.80. The second kappa shape index (κ2) is 3.59. The van der Waals surface area contributed by atoms with Gasteiger partial charge in [-0.2, -0.15) is 0 Å². The Kier molecular flexibility index (Phi) is 2.34. The lowest BCUT2D eigenvalue weighted by atomic mass is 9.72. The van der Waals surface area contributed by atoms with Crippen LogP contribution in [0.25, 0.3) is 0 Å². The van der Waals surface area contributed by atoms with E-state index in [2.05, 4.69) is 6.58 Å². The molecule has 0 radical (unpaired) electrons. The van der Waals surface area contributed by atoms with Crippen LogP contribution in [0.1, 0.15) is 32.6 Å². The Bertz CT molecular complexity index is 437. The predicted molar refractivity (Wildman–Crippen MR) is 63.7 cm³/mol. The Balaban J connectivity index is 1.96. The molecule has 4 bridgehead atoms. The van der Waals surface area contributed by atoms with Crippen LogP contribution in [0, 0.1) is 23.7 Å². The van der Waals surface area contributed by atoms with Crippen molar-refractivity contribution in [1.29, 1.82) is 0 Å². The van der Waals surface area contributed by atoms with Crippen LogP contribution in [0.4, 0.5) is 0 Å². The zero-order valence-corrected chi connectivity index (χ0v) is 10.5. The molecule has 4 heteroatoms. The number of hydrogen-bond donors (Lipinski definition) is 1. The van der Waals surface area contributed by atoms with Gasteiger partial charge in [-0.25, -0.2) is 9.59 Å². The average Bonchev–Trinajstić information content (AvgIpc) is 2.69. The molecule has 4 nitrogen and oxygen atoms in total. The third-order valence-electron chi connectivity index (χ3n) is 5.10. The standard InChI is InChI=1S/C14H18O4/c1-7(2)12(15)18-14(13(16)17)10-4-8-3-9(6-10)11(14)5-8/h8-11H,1,3-6H2,2H3,(H,16,17). The van der Waals surface area contributed by atoms with Crippen molar-refractivity contribution in [2.24, 2.45) is 23.7 Å². The fraction of sp³-hybridized carbons (Fsp3) is 0.714. The minimum Gasteiger partial charge on any atom is -0.478 e. The summed E-state index contributed by atoms with van der Waals surface area (Å²) in [5.41, 5.74) is -0.999. The van der Waals surface area contributed by atoms with E-state index in [-0.39, 0.29) is 17.4 Å². The smallest absolute Gasteiger partial charge is 0.348 e. The molecule has 0 heterocycles. The number of aliphatic carboxylic acids is 1. The molecular weight excluding hydrogens is 232 g/mol. The molecule has 0 aliphatic heterocycles. The van der Waals surface area contributed by atoms with Crippen molar-refractivity contribution in [2.45, 2.75) is 38.2 Å². The summed E-state index contributed by atoms with van der Waals surface area (Å²) < 4.78 is 5.45. The fourth-order valence-corrected chi connectivity index (χ4v) is 4.51. The van der Waals surface area contributed by atoms with E-state index >= 15 is 0 Å². The highest BCUT2D eigenvalue weighted by molar-refractivity contribution is 5.91. The topological polar surface area (TPSA) is 63.6 Å². The molecule has 4 aliphatic rings. The van der Waals surface area contributed by atoms with Crippen LogP contribution in [-0.4, -0.2) is 22.6 Å². The van der Waals surface area contributed by atoms with Crippen molar-refractivity contribution in [3.05, 3.63) is 12.2 Å². The SMILES string of the molecule is C=C(C)C(=O)OC1(C(=O)O)C2CC3CC(C2)C1C3. The first-order valence-corrected chi connectivity index (χ1v) is 6.57. The molecule has 4 rings (SSSR count). The monoisotopic (exact) mass is 250 g/mol. The molecule has 4 fully saturated rings. The molecule has 5 unspecified atom stereocenters. The van der Waals surface area contributed by atoms with Crippen LogP contribution >= 0.6 is 0 Å². The van der Waals surface area contributed by atoms with Gasteiger partial charge in [0, 0.05) is 17.4 Å². The van der Waals surface area contributed by atoms with Crippen molar-refractivity contribution >= 4 is 11.9 Å². The maximum Gasteiger partial charge on any atom is 0.348 e. The number of ether oxygens (including phenoxy) is 1. The Labute approximate surface area is 106 Å². The third-order valence-corrected chi connectivity index (χ3v) is 5.10. The van der Waals surface area contributed by atoms with Crippen LogP contribution in [0.15, 0.2) is 12.2 Å². The molecule has 1 N–H and O–H groups in total. The highest BCUT2D eigenvalue weighted by Gasteiger charge is 2.68. The zero-order valence-electron chi connectivity index (χ0n) is 10.5. The fourth-order valence-electron chi connectivity index (χ4n) is 4.51. The summed E-state index contributed by atoms with van der Waals surface area (Å²) in [4.78, 5) is 23.5. The minimum absolute atomic E-state index is 0.000741. The molecular formula is C14H18O4. The summed E-state index contributed by atoms with van der Waals surface area (Å²) in [7, 11) is 0. The average molecular weight is 250 g/mol. The predicted octanol–water partition coefficient (Wildman–Crippen LogP) is 2.00. The number of carbonyl (C=O) groups excluding carboxylic acids is 1. The van der Waals surface area contributed by atoms with Gasteiger partial charge in [-0.1, -0.05) is 6.58 Å². The summed E-state index contributed by atoms with van der Waals surface area (Å²) in [5.74, 6) is -0.427. The van der Waals surface area contributed by atoms with Gasteiger partial charge < -0.3 is 9.84 Å². The summed E-state index contributed by atoms with van der Waals surface area (Å²) >= 11 is 0. The molecule has 0 aromatic rings. The Hall–Kier alpha value is -1.32. The molecule has 0 aromatic carbocycles. The van der Waals surface area contributed by atoms with Crippen LogP contribution in [0.5, 0.6) is 0 Å². The highest BCUT2D eigenvalue weighted by Crippen LogP contribution is 2.64. The third kappa shape index (κ3) is 1.32. The van der Waals surface area contributed by atoms with Crippen LogP contribution in [0.2, 0.25) is 0 Å². The Morgan fingerprint density at radius 3 is 2.56 bits per heavy atom. The number of esters is 1. The van der Waals surface area contributed by atoms with E-state index < -0.39 is 17.5 Å².